The van der Waals surface area contributed by atoms with Crippen LogP contribution in [0.25, 0.3) is 0 Å². The zero-order valence-electron chi connectivity index (χ0n) is 27.2. The lowest BCUT2D eigenvalue weighted by Crippen LogP contribution is -2.39. The van der Waals surface area contributed by atoms with Crippen molar-refractivity contribution >= 4 is 0 Å². The van der Waals surface area contributed by atoms with Gasteiger partial charge in [-0.3, -0.25) is 0 Å². The highest BCUT2D eigenvalue weighted by atomic mass is 17.0. The van der Waals surface area contributed by atoms with E-state index in [0.717, 1.165) is 22.1 Å². The molecule has 230 valence electrons. The molecular formula is C36H64N2O2. The number of nitrogens with zero attached hydrogens (tertiary/aromatic N) is 2. The van der Waals surface area contributed by atoms with E-state index in [1.165, 1.54) is 114 Å². The molecule has 0 spiro atoms. The minimum Gasteiger partial charge on any atom is -1.00 e. The molecule has 0 N–H and O–H groups in total. The monoisotopic (exact) mass is 556 g/mol. The third-order valence-electron chi connectivity index (χ3n) is 7.64. The maximum atomic E-state index is 7.00. The van der Waals surface area contributed by atoms with E-state index in [2.05, 4.69) is 103 Å². The Morgan fingerprint density at radius 3 is 1.00 bits per heavy atom. The second kappa shape index (κ2) is 25.0. The zero-order chi connectivity index (χ0) is 30.0. The van der Waals surface area contributed by atoms with Crippen molar-refractivity contribution in [2.75, 3.05) is 41.3 Å². The molecule has 0 radical (unpaired) electrons. The molecular weight excluding hydrogens is 492 g/mol. The Balaban J connectivity index is 0.000000719. The second-order valence-corrected chi connectivity index (χ2v) is 12.8. The Labute approximate surface area is 249 Å². The molecule has 0 saturated carbocycles. The van der Waals surface area contributed by atoms with E-state index in [-0.39, 0.29) is 0 Å². The van der Waals surface area contributed by atoms with Crippen LogP contribution in [-0.2, 0) is 13.1 Å². The highest BCUT2D eigenvalue weighted by Crippen LogP contribution is 2.14. The van der Waals surface area contributed by atoms with Gasteiger partial charge in [0, 0.05) is 11.1 Å². The van der Waals surface area contributed by atoms with Crippen molar-refractivity contribution in [2.45, 2.75) is 117 Å². The van der Waals surface area contributed by atoms with Crippen LogP contribution in [-0.4, -0.2) is 50.2 Å². The number of quaternary nitrogens is 2. The van der Waals surface area contributed by atoms with Crippen molar-refractivity contribution < 1.29 is 19.5 Å². The van der Waals surface area contributed by atoms with Crippen molar-refractivity contribution in [3.8, 4) is 0 Å². The first kappa shape index (κ1) is 38.3. The fraction of sp³-hybridized carbons (Fsp3) is 0.667. The molecule has 0 fully saturated rings. The van der Waals surface area contributed by atoms with E-state index in [0.29, 0.717) is 0 Å². The summed E-state index contributed by atoms with van der Waals surface area (Å²) in [5.74, 6) is 0. The van der Waals surface area contributed by atoms with Gasteiger partial charge in [0.25, 0.3) is 0 Å². The minimum absolute atomic E-state index is 1.11. The summed E-state index contributed by atoms with van der Waals surface area (Å²) in [6, 6.07) is 21.7. The van der Waals surface area contributed by atoms with E-state index >= 15 is 0 Å². The molecule has 0 saturated heterocycles. The molecule has 0 aliphatic rings. The summed E-state index contributed by atoms with van der Waals surface area (Å²) >= 11 is 0. The summed E-state index contributed by atoms with van der Waals surface area (Å²) in [4.78, 5) is 0. The third-order valence-corrected chi connectivity index (χ3v) is 7.64. The number of unbranched alkanes of at least 4 members (excludes halogenated alkanes) is 12. The molecule has 4 heteroatoms. The molecule has 0 aliphatic heterocycles. The fourth-order valence-corrected chi connectivity index (χ4v) is 5.31. The number of benzene rings is 2. The lowest BCUT2D eigenvalue weighted by atomic mass is 10.1. The van der Waals surface area contributed by atoms with Crippen LogP contribution in [0.5, 0.6) is 0 Å². The second-order valence-electron chi connectivity index (χ2n) is 12.8. The van der Waals surface area contributed by atoms with Gasteiger partial charge in [-0.05, 0) is 25.7 Å². The Morgan fingerprint density at radius 1 is 0.425 bits per heavy atom. The first-order chi connectivity index (χ1) is 19.3. The Kier molecular flexibility index (Phi) is 24.0. The Morgan fingerprint density at radius 2 is 0.700 bits per heavy atom. The van der Waals surface area contributed by atoms with Gasteiger partial charge < -0.3 is 19.5 Å². The fourth-order valence-electron chi connectivity index (χ4n) is 5.31. The molecule has 0 aromatic heterocycles. The van der Waals surface area contributed by atoms with Gasteiger partial charge in [0.15, 0.2) is 0 Å². The van der Waals surface area contributed by atoms with Gasteiger partial charge in [-0.1, -0.05) is 139 Å². The normalized spacial score (nSPS) is 11.3. The largest absolute Gasteiger partial charge is 1.00 e. The topological polar surface area (TPSA) is 46.1 Å². The maximum Gasteiger partial charge on any atom is 0.104 e. The van der Waals surface area contributed by atoms with E-state index in [1.54, 1.807) is 0 Å². The molecule has 0 bridgehead atoms. The van der Waals surface area contributed by atoms with Crippen molar-refractivity contribution in [3.63, 3.8) is 0 Å². The van der Waals surface area contributed by atoms with E-state index in [1.807, 2.05) is 0 Å². The van der Waals surface area contributed by atoms with Gasteiger partial charge in [0.2, 0.25) is 0 Å². The molecule has 4 nitrogen and oxygen atoms in total. The van der Waals surface area contributed by atoms with Crippen LogP contribution in [0.15, 0.2) is 60.7 Å². The number of rotatable bonds is 20. The smallest absolute Gasteiger partial charge is 0.104 e. The molecule has 0 atom stereocenters. The summed E-state index contributed by atoms with van der Waals surface area (Å²) < 4.78 is 2.22. The van der Waals surface area contributed by atoms with Crippen LogP contribution < -0.4 is 10.5 Å². The van der Waals surface area contributed by atoms with Crippen LogP contribution in [0.4, 0.5) is 0 Å². The summed E-state index contributed by atoms with van der Waals surface area (Å²) in [6.45, 7) is 9.45. The molecule has 0 amide bonds. The lowest BCUT2D eigenvalue weighted by molar-refractivity contribution is -1.00. The standard InChI is InChI=1S/C19H34N.C17H30N.O2/c1-4-5-6-7-8-9-10-14-17-20(2,3)18-19-15-12-11-13-16-19;1-4-5-6-7-8-12-15-18(2,3)16-17-13-10-9-11-14-17;1-2/h11-13,15-16H,4-10,14,17-18H2,1-3H3;9-11,13-14H,4-8,12,15-16H2,1-3H3;/q2*+1;-2. The summed E-state index contributed by atoms with van der Waals surface area (Å²) in [5.41, 5.74) is 2.91. The van der Waals surface area contributed by atoms with Gasteiger partial charge in [0.1, 0.15) is 13.1 Å². The predicted molar refractivity (Wildman–Crippen MR) is 170 cm³/mol. The van der Waals surface area contributed by atoms with E-state index < -0.39 is 0 Å². The van der Waals surface area contributed by atoms with Crippen molar-refractivity contribution in [2.24, 2.45) is 0 Å². The van der Waals surface area contributed by atoms with Gasteiger partial charge >= 0.3 is 0 Å². The highest BCUT2D eigenvalue weighted by Gasteiger charge is 2.15. The molecule has 2 aromatic rings. The van der Waals surface area contributed by atoms with Gasteiger partial charge in [-0.2, -0.15) is 0 Å². The average molecular weight is 557 g/mol. The van der Waals surface area contributed by atoms with Gasteiger partial charge in [-0.15, -0.1) is 0 Å². The number of hydrogen-bond donors (Lipinski definition) is 0. The minimum atomic E-state index is 1.11. The van der Waals surface area contributed by atoms with E-state index in [4.69, 9.17) is 10.5 Å². The summed E-state index contributed by atoms with van der Waals surface area (Å²) in [5, 5.41) is 14.0. The molecule has 2 rings (SSSR count). The summed E-state index contributed by atoms with van der Waals surface area (Å²) in [6.07, 6.45) is 19.6. The maximum absolute atomic E-state index is 7.00. The highest BCUT2D eigenvalue weighted by molar-refractivity contribution is 5.14. The van der Waals surface area contributed by atoms with Crippen LogP contribution in [0.3, 0.4) is 0 Å². The third kappa shape index (κ3) is 23.0. The molecule has 40 heavy (non-hydrogen) atoms. The SMILES string of the molecule is CCCCCCCCCC[N+](C)(C)Cc1ccccc1.CCCCCCCC[N+](C)(C)Cc1ccccc1.[O-][O-]. The molecule has 2 aromatic carbocycles. The Hall–Kier alpha value is -1.72. The Bertz CT molecular complexity index is 778. The van der Waals surface area contributed by atoms with E-state index in [9.17, 15) is 0 Å². The van der Waals surface area contributed by atoms with Gasteiger partial charge in [0.05, 0.1) is 41.3 Å². The van der Waals surface area contributed by atoms with Crippen LogP contribution >= 0.6 is 0 Å². The van der Waals surface area contributed by atoms with Crippen molar-refractivity contribution in [1.29, 1.82) is 0 Å². The molecule has 0 heterocycles. The van der Waals surface area contributed by atoms with Gasteiger partial charge in [-0.25, -0.2) is 0 Å². The molecule has 0 aliphatic carbocycles. The summed E-state index contributed by atoms with van der Waals surface area (Å²) in [7, 11) is 9.40. The zero-order valence-corrected chi connectivity index (χ0v) is 27.2. The van der Waals surface area contributed by atoms with Crippen molar-refractivity contribution in [3.05, 3.63) is 71.8 Å². The predicted octanol–water partition coefficient (Wildman–Crippen LogP) is 7.65. The van der Waals surface area contributed by atoms with Crippen LogP contribution in [0.2, 0.25) is 0 Å². The van der Waals surface area contributed by atoms with Crippen LogP contribution in [0.1, 0.15) is 115 Å². The van der Waals surface area contributed by atoms with Crippen LogP contribution in [0, 0.1) is 0 Å². The lowest BCUT2D eigenvalue weighted by Gasteiger charge is -2.30. The van der Waals surface area contributed by atoms with Crippen molar-refractivity contribution in [1.82, 2.24) is 0 Å². The quantitative estimate of drug-likeness (QED) is 0.0728. The number of hydrogen-bond acceptors (Lipinski definition) is 2. The average Bonchev–Trinajstić information content (AvgIpc) is 2.94. The first-order valence-electron chi connectivity index (χ1n) is 16.2. The molecule has 0 unspecified atom stereocenters. The first-order valence-corrected chi connectivity index (χ1v) is 16.2.